The summed E-state index contributed by atoms with van der Waals surface area (Å²) in [5, 5.41) is 7.42. The third-order valence-electron chi connectivity index (χ3n) is 0. The second kappa shape index (κ2) is 0.875. The quantitative estimate of drug-likeness (QED) is 0.431. The fourth-order valence-electron chi connectivity index (χ4n) is 0. The number of hydrogen-bond acceptors (Lipinski definition) is 1. The van der Waals surface area contributed by atoms with Crippen LogP contribution in [-0.4, -0.2) is 11.1 Å². The second-order valence-corrected chi connectivity index (χ2v) is 0.519. The van der Waals surface area contributed by atoms with Crippen LogP contribution < -0.4 is 0 Å². The monoisotopic (exact) mass is 62.0 g/mol. The predicted octanol–water partition coefficient (Wildman–Crippen LogP) is 0.0909. The fraction of sp³-hybridized carbons (Fsp3) is 0.500. The minimum absolute atomic E-state index is 0.833. The first kappa shape index (κ1) is 3.47. The van der Waals surface area contributed by atoms with Crippen molar-refractivity contribution in [1.82, 2.24) is 0 Å². The number of carboxylic acid groups (broad SMARTS) is 1. The molecule has 0 amide bonds. The smallest absolute Gasteiger partial charge is 0.300 e. The first-order valence-corrected chi connectivity index (χ1v) is 0.928. The maximum absolute atomic E-state index is 9.00. The molecule has 0 unspecified atom stereocenters. The second-order valence-electron chi connectivity index (χ2n) is 0.519. The predicted molar refractivity (Wildman–Crippen MR) is 13.3 cm³/mol. The minimum Gasteiger partial charge on any atom is -0.481 e. The van der Waals surface area contributed by atoms with Gasteiger partial charge in [0, 0.05) is 6.92 Å². The lowest BCUT2D eigenvalue weighted by Gasteiger charge is -1.59. The topological polar surface area (TPSA) is 37.3 Å². The van der Waals surface area contributed by atoms with Crippen molar-refractivity contribution in [2.24, 2.45) is 0 Å². The Kier molecular flexibility index (Phi) is 0.759. The SMILES string of the molecule is C[14C](=O)O. The fourth-order valence-corrected chi connectivity index (χ4v) is 0. The molecular weight excluding hydrogens is 58.0 g/mol. The molecule has 2 nitrogen and oxygen atoms in total. The standard InChI is InChI=1S/C2H4O2/c1-2(3)4/h1H3,(H,3,4)/i2+2. The van der Waals surface area contributed by atoms with E-state index in [-0.39, 0.29) is 0 Å². The molecule has 0 radical (unpaired) electrons. The maximum atomic E-state index is 9.00. The van der Waals surface area contributed by atoms with Crippen LogP contribution in [0.5, 0.6) is 0 Å². The van der Waals surface area contributed by atoms with E-state index in [1.165, 1.54) is 0 Å². The van der Waals surface area contributed by atoms with Gasteiger partial charge in [-0.05, 0) is 0 Å². The molecule has 0 saturated carbocycles. The molecule has 0 atom stereocenters. The van der Waals surface area contributed by atoms with E-state index in [0.29, 0.717) is 0 Å². The molecule has 0 heterocycles. The Morgan fingerprint density at radius 1 is 2.00 bits per heavy atom. The van der Waals surface area contributed by atoms with Gasteiger partial charge in [0.05, 0.1) is 0 Å². The average Bonchev–Trinajstić information content (AvgIpc) is 0.811. The van der Waals surface area contributed by atoms with Gasteiger partial charge in [-0.1, -0.05) is 0 Å². The van der Waals surface area contributed by atoms with E-state index >= 15 is 0 Å². The highest BCUT2D eigenvalue weighted by molar-refractivity contribution is 5.62. The van der Waals surface area contributed by atoms with Crippen molar-refractivity contribution in [3.63, 3.8) is 0 Å². The van der Waals surface area contributed by atoms with Gasteiger partial charge in [-0.15, -0.1) is 0 Å². The molecule has 0 aromatic carbocycles. The molecule has 0 aliphatic heterocycles. The zero-order valence-electron chi connectivity index (χ0n) is 2.36. The summed E-state index contributed by atoms with van der Waals surface area (Å²) in [6.07, 6.45) is 0. The summed E-state index contributed by atoms with van der Waals surface area (Å²) in [6.45, 7) is 1.08. The zero-order valence-corrected chi connectivity index (χ0v) is 2.36. The molecule has 0 saturated heterocycles. The van der Waals surface area contributed by atoms with E-state index in [1.54, 1.807) is 0 Å². The van der Waals surface area contributed by atoms with Crippen molar-refractivity contribution < 1.29 is 9.90 Å². The summed E-state index contributed by atoms with van der Waals surface area (Å²) in [7, 11) is 0. The Balaban J connectivity index is 2.80. The Labute approximate surface area is 24.1 Å². The number of rotatable bonds is 0. The lowest BCUT2D eigenvalue weighted by molar-refractivity contribution is -0.134. The van der Waals surface area contributed by atoms with Crippen LogP contribution in [0.15, 0.2) is 0 Å². The Morgan fingerprint density at radius 2 is 2.00 bits per heavy atom. The Bertz CT molecular complexity index is 27.0. The van der Waals surface area contributed by atoms with Crippen LogP contribution in [0.25, 0.3) is 0 Å². The number of carbonyl (C=O) groups is 1. The van der Waals surface area contributed by atoms with E-state index in [9.17, 15) is 0 Å². The van der Waals surface area contributed by atoms with Gasteiger partial charge < -0.3 is 5.11 Å². The average molecular weight is 62.0 g/mol. The van der Waals surface area contributed by atoms with Gasteiger partial charge >= 0.3 is 0 Å². The van der Waals surface area contributed by atoms with E-state index in [1.807, 2.05) is 0 Å². The van der Waals surface area contributed by atoms with Crippen LogP contribution in [-0.2, 0) is 4.79 Å². The highest BCUT2D eigenvalue weighted by Crippen LogP contribution is 1.42. The summed E-state index contributed by atoms with van der Waals surface area (Å²) in [5.41, 5.74) is 0. The number of hydrogen-bond donors (Lipinski definition) is 1. The normalized spacial score (nSPS) is 6.25. The third kappa shape index (κ3) is 1.16. The van der Waals surface area contributed by atoms with E-state index in [4.69, 9.17) is 9.90 Å². The minimum atomic E-state index is -0.833. The highest BCUT2D eigenvalue weighted by Gasteiger charge is 1.65. The largest absolute Gasteiger partial charge is 0.481 e. The summed E-state index contributed by atoms with van der Waals surface area (Å²) >= 11 is 0. The van der Waals surface area contributed by atoms with E-state index < -0.39 is 5.97 Å². The first-order chi connectivity index (χ1) is 1.73. The van der Waals surface area contributed by atoms with Crippen molar-refractivity contribution >= 4 is 5.97 Å². The molecule has 0 aromatic rings. The molecule has 0 fully saturated rings. The molecule has 0 rings (SSSR count). The maximum Gasteiger partial charge on any atom is 0.300 e. The van der Waals surface area contributed by atoms with Crippen LogP contribution in [0.2, 0.25) is 0 Å². The number of carboxylic acids is 1. The zero-order chi connectivity index (χ0) is 3.58. The molecule has 0 spiro atoms. The molecule has 0 bridgehead atoms. The van der Waals surface area contributed by atoms with Gasteiger partial charge in [0.2, 0.25) is 0 Å². The van der Waals surface area contributed by atoms with Gasteiger partial charge in [0.25, 0.3) is 5.97 Å². The van der Waals surface area contributed by atoms with Gasteiger partial charge in [-0.25, -0.2) is 0 Å². The lowest BCUT2D eigenvalue weighted by Crippen LogP contribution is -1.78. The molecule has 0 aromatic heterocycles. The van der Waals surface area contributed by atoms with Crippen molar-refractivity contribution in [2.75, 3.05) is 0 Å². The van der Waals surface area contributed by atoms with Crippen LogP contribution in [0.4, 0.5) is 0 Å². The van der Waals surface area contributed by atoms with Crippen molar-refractivity contribution in [3.8, 4) is 0 Å². The summed E-state index contributed by atoms with van der Waals surface area (Å²) in [4.78, 5) is 9.00. The highest BCUT2D eigenvalue weighted by atomic mass is 16.6. The van der Waals surface area contributed by atoms with Gasteiger partial charge in [0.1, 0.15) is 0 Å². The van der Waals surface area contributed by atoms with Crippen molar-refractivity contribution in [1.29, 1.82) is 0 Å². The molecule has 0 aliphatic carbocycles. The third-order valence-corrected chi connectivity index (χ3v) is 0. The molecule has 1 N–H and O–H groups in total. The van der Waals surface area contributed by atoms with Crippen molar-refractivity contribution in [2.45, 2.75) is 6.92 Å². The molecule has 0 aliphatic rings. The number of aliphatic carboxylic acids is 1. The summed E-state index contributed by atoms with van der Waals surface area (Å²) < 4.78 is 0. The molecule has 2 heteroatoms. The molecule has 4 heavy (non-hydrogen) atoms. The summed E-state index contributed by atoms with van der Waals surface area (Å²) in [6, 6.07) is 0. The Hall–Kier alpha value is -0.530. The van der Waals surface area contributed by atoms with Gasteiger partial charge in [-0.3, -0.25) is 4.79 Å². The van der Waals surface area contributed by atoms with Gasteiger partial charge in [0.15, 0.2) is 0 Å². The van der Waals surface area contributed by atoms with Crippen LogP contribution in [0.1, 0.15) is 6.92 Å². The van der Waals surface area contributed by atoms with E-state index in [0.717, 1.165) is 6.92 Å². The van der Waals surface area contributed by atoms with Crippen LogP contribution in [0, 0.1) is 0 Å². The van der Waals surface area contributed by atoms with Crippen molar-refractivity contribution in [3.05, 3.63) is 0 Å². The first-order valence-electron chi connectivity index (χ1n) is 0.928. The lowest BCUT2D eigenvalue weighted by atomic mass is 11.5. The van der Waals surface area contributed by atoms with Gasteiger partial charge in [-0.2, -0.15) is 0 Å². The van der Waals surface area contributed by atoms with E-state index in [2.05, 4.69) is 0 Å². The molecule has 24 valence electrons. The Morgan fingerprint density at radius 3 is 2.00 bits per heavy atom. The van der Waals surface area contributed by atoms with Crippen LogP contribution >= 0.6 is 0 Å². The molecular formula is C2H4O2. The summed E-state index contributed by atoms with van der Waals surface area (Å²) in [5.74, 6) is -0.833. The van der Waals surface area contributed by atoms with Crippen LogP contribution in [0.3, 0.4) is 0 Å².